The zero-order chi connectivity index (χ0) is 25.6. The summed E-state index contributed by atoms with van der Waals surface area (Å²) in [7, 11) is -4.23. The number of benzene rings is 3. The summed E-state index contributed by atoms with van der Waals surface area (Å²) in [6, 6.07) is 16.5. The van der Waals surface area contributed by atoms with Crippen molar-refractivity contribution >= 4 is 38.1 Å². The molecule has 2 fully saturated rings. The number of rotatable bonds is 8. The molecule has 3 aromatic rings. The standard InChI is InChI=1S/C28H28FN3O4S/c29-27-24-14-21(23-11-13-31(16-23)12-10-19-6-7-19)8-9-22(24)15-25(36-18-20-4-2-1-3-5-20)28(27)32-17-26(33)30-37(32,34)35/h1-5,8-9,11,14-15,19H,6-7,10,12-13,16-18H2,(H,30,33). The molecule has 192 valence electrons. The van der Waals surface area contributed by atoms with Crippen LogP contribution < -0.4 is 13.8 Å². The third-order valence-electron chi connectivity index (χ3n) is 7.24. The van der Waals surface area contributed by atoms with Gasteiger partial charge in [0.15, 0.2) is 5.82 Å². The van der Waals surface area contributed by atoms with Crippen LogP contribution >= 0.6 is 0 Å². The minimum Gasteiger partial charge on any atom is -0.487 e. The van der Waals surface area contributed by atoms with Crippen molar-refractivity contribution in [1.82, 2.24) is 9.62 Å². The highest BCUT2D eigenvalue weighted by Gasteiger charge is 2.38. The van der Waals surface area contributed by atoms with E-state index in [1.807, 2.05) is 47.2 Å². The number of halogens is 1. The molecule has 1 saturated carbocycles. The lowest BCUT2D eigenvalue weighted by Gasteiger charge is -2.21. The molecule has 9 heteroatoms. The van der Waals surface area contributed by atoms with Gasteiger partial charge in [-0.25, -0.2) is 13.4 Å². The van der Waals surface area contributed by atoms with Crippen molar-refractivity contribution in [2.45, 2.75) is 25.9 Å². The van der Waals surface area contributed by atoms with Crippen molar-refractivity contribution in [1.29, 1.82) is 0 Å². The van der Waals surface area contributed by atoms with E-state index in [4.69, 9.17) is 4.74 Å². The van der Waals surface area contributed by atoms with Crippen LogP contribution in [0.15, 0.2) is 60.7 Å². The van der Waals surface area contributed by atoms with E-state index in [1.165, 1.54) is 19.3 Å². The average molecular weight is 522 g/mol. The van der Waals surface area contributed by atoms with Gasteiger partial charge >= 0.3 is 10.2 Å². The molecule has 0 unspecified atom stereocenters. The molecule has 37 heavy (non-hydrogen) atoms. The van der Waals surface area contributed by atoms with Crippen LogP contribution in [0.1, 0.15) is 30.4 Å². The molecule has 0 aromatic heterocycles. The van der Waals surface area contributed by atoms with Crippen LogP contribution in [-0.4, -0.2) is 45.4 Å². The zero-order valence-corrected chi connectivity index (χ0v) is 21.1. The first-order chi connectivity index (χ1) is 17.9. The van der Waals surface area contributed by atoms with Crippen molar-refractivity contribution in [3.63, 3.8) is 0 Å². The van der Waals surface area contributed by atoms with Gasteiger partial charge in [-0.1, -0.05) is 61.4 Å². The van der Waals surface area contributed by atoms with Crippen molar-refractivity contribution in [3.8, 4) is 5.75 Å². The second-order valence-electron chi connectivity index (χ2n) is 9.98. The second-order valence-corrected chi connectivity index (χ2v) is 11.6. The molecule has 1 N–H and O–H groups in total. The molecular weight excluding hydrogens is 493 g/mol. The Hall–Kier alpha value is -3.43. The minimum atomic E-state index is -4.23. The predicted octanol–water partition coefficient (Wildman–Crippen LogP) is 4.24. The average Bonchev–Trinajstić information content (AvgIpc) is 3.52. The summed E-state index contributed by atoms with van der Waals surface area (Å²) in [6.45, 7) is 2.36. The van der Waals surface area contributed by atoms with Crippen LogP contribution in [0.3, 0.4) is 0 Å². The van der Waals surface area contributed by atoms with Crippen LogP contribution in [0.4, 0.5) is 10.1 Å². The highest BCUT2D eigenvalue weighted by Crippen LogP contribution is 2.40. The zero-order valence-electron chi connectivity index (χ0n) is 20.3. The SMILES string of the molecule is O=C1CN(c2c(OCc3ccccc3)cc3ccc(C4=CCN(CCC5CC5)C4)cc3c2F)S(=O)(=O)N1. The number of anilines is 1. The summed E-state index contributed by atoms with van der Waals surface area (Å²) in [6.07, 6.45) is 6.08. The number of hydrogen-bond acceptors (Lipinski definition) is 5. The van der Waals surface area contributed by atoms with Crippen LogP contribution in [-0.2, 0) is 21.6 Å². The summed E-state index contributed by atoms with van der Waals surface area (Å²) >= 11 is 0. The second kappa shape index (κ2) is 9.46. The van der Waals surface area contributed by atoms with Gasteiger partial charge in [-0.2, -0.15) is 8.42 Å². The molecular formula is C28H28FN3O4S. The van der Waals surface area contributed by atoms with Gasteiger partial charge in [0.1, 0.15) is 24.6 Å². The Balaban J connectivity index is 1.35. The Kier molecular flexibility index (Phi) is 6.12. The maximum atomic E-state index is 16.2. The molecule has 3 aromatic carbocycles. The molecule has 0 bridgehead atoms. The molecule has 0 spiro atoms. The molecule has 1 amide bonds. The summed E-state index contributed by atoms with van der Waals surface area (Å²) in [5.74, 6) is -0.511. The van der Waals surface area contributed by atoms with Crippen LogP contribution in [0.25, 0.3) is 16.3 Å². The van der Waals surface area contributed by atoms with Gasteiger partial charge in [-0.05, 0) is 53.1 Å². The number of nitrogens with zero attached hydrogens (tertiary/aromatic N) is 2. The van der Waals surface area contributed by atoms with Crippen molar-refractivity contribution in [3.05, 3.63) is 77.6 Å². The molecule has 2 aliphatic heterocycles. The first kappa shape index (κ1) is 23.9. The Morgan fingerprint density at radius 2 is 1.86 bits per heavy atom. The number of ether oxygens (including phenoxy) is 1. The first-order valence-electron chi connectivity index (χ1n) is 12.6. The fourth-order valence-electron chi connectivity index (χ4n) is 5.00. The molecule has 1 saturated heterocycles. The summed E-state index contributed by atoms with van der Waals surface area (Å²) in [5, 5.41) is 0.875. The van der Waals surface area contributed by atoms with Gasteiger partial charge in [-0.3, -0.25) is 9.69 Å². The quantitative estimate of drug-likeness (QED) is 0.480. The lowest BCUT2D eigenvalue weighted by molar-refractivity contribution is -0.117. The van der Waals surface area contributed by atoms with Crippen molar-refractivity contribution in [2.75, 3.05) is 30.5 Å². The molecule has 3 aliphatic rings. The molecule has 0 radical (unpaired) electrons. The molecule has 2 heterocycles. The van der Waals surface area contributed by atoms with E-state index in [1.54, 1.807) is 12.1 Å². The number of hydrogen-bond donors (Lipinski definition) is 1. The normalized spacial score (nSPS) is 19.3. The third-order valence-corrected chi connectivity index (χ3v) is 8.61. The maximum absolute atomic E-state index is 16.2. The fourth-order valence-corrected chi connectivity index (χ4v) is 6.16. The smallest absolute Gasteiger partial charge is 0.326 e. The van der Waals surface area contributed by atoms with Crippen LogP contribution in [0.5, 0.6) is 5.75 Å². The Morgan fingerprint density at radius 3 is 2.59 bits per heavy atom. The molecule has 0 atom stereocenters. The lowest BCUT2D eigenvalue weighted by atomic mass is 10.0. The highest BCUT2D eigenvalue weighted by atomic mass is 32.2. The van der Waals surface area contributed by atoms with E-state index >= 15 is 4.39 Å². The number of carbonyl (C=O) groups excluding carboxylic acids is 1. The van der Waals surface area contributed by atoms with Crippen molar-refractivity contribution in [2.24, 2.45) is 5.92 Å². The largest absolute Gasteiger partial charge is 0.487 e. The fraction of sp³-hybridized carbons (Fsp3) is 0.321. The number of nitrogens with one attached hydrogen (secondary N) is 1. The minimum absolute atomic E-state index is 0.0630. The first-order valence-corrected chi connectivity index (χ1v) is 14.0. The Morgan fingerprint density at radius 1 is 1.05 bits per heavy atom. The van der Waals surface area contributed by atoms with E-state index in [0.717, 1.165) is 46.6 Å². The van der Waals surface area contributed by atoms with E-state index in [9.17, 15) is 13.2 Å². The maximum Gasteiger partial charge on any atom is 0.326 e. The Bertz CT molecular complexity index is 1500. The third kappa shape index (κ3) is 4.93. The highest BCUT2D eigenvalue weighted by molar-refractivity contribution is 7.92. The Labute approximate surface area is 215 Å². The van der Waals surface area contributed by atoms with Gasteiger partial charge in [0.2, 0.25) is 0 Å². The molecule has 7 nitrogen and oxygen atoms in total. The van der Waals surface area contributed by atoms with Gasteiger partial charge < -0.3 is 4.74 Å². The van der Waals surface area contributed by atoms with Crippen LogP contribution in [0.2, 0.25) is 0 Å². The van der Waals surface area contributed by atoms with E-state index in [-0.39, 0.29) is 23.4 Å². The molecule has 1 aliphatic carbocycles. The van der Waals surface area contributed by atoms with E-state index < -0.39 is 28.5 Å². The number of amides is 1. The van der Waals surface area contributed by atoms with Crippen LogP contribution in [0, 0.1) is 11.7 Å². The summed E-state index contributed by atoms with van der Waals surface area (Å²) in [4.78, 5) is 14.4. The van der Waals surface area contributed by atoms with Gasteiger partial charge in [-0.15, -0.1) is 0 Å². The topological polar surface area (TPSA) is 79.0 Å². The summed E-state index contributed by atoms with van der Waals surface area (Å²) in [5.41, 5.74) is 2.63. The summed E-state index contributed by atoms with van der Waals surface area (Å²) < 4.78 is 50.2. The van der Waals surface area contributed by atoms with Gasteiger partial charge in [0, 0.05) is 18.5 Å². The van der Waals surface area contributed by atoms with E-state index in [0.29, 0.717) is 5.39 Å². The lowest BCUT2D eigenvalue weighted by Crippen LogP contribution is -2.30. The van der Waals surface area contributed by atoms with Gasteiger partial charge in [0.25, 0.3) is 5.91 Å². The monoisotopic (exact) mass is 521 g/mol. The number of fused-ring (bicyclic) bond motifs is 1. The molecule has 6 rings (SSSR count). The number of carbonyl (C=O) groups is 1. The van der Waals surface area contributed by atoms with Gasteiger partial charge in [0.05, 0.1) is 0 Å². The van der Waals surface area contributed by atoms with E-state index in [2.05, 4.69) is 11.0 Å². The predicted molar refractivity (Wildman–Crippen MR) is 141 cm³/mol. The van der Waals surface area contributed by atoms with Crippen molar-refractivity contribution < 1.29 is 22.3 Å².